The first-order valence-corrected chi connectivity index (χ1v) is 7.70. The fourth-order valence-corrected chi connectivity index (χ4v) is 3.32. The van der Waals surface area contributed by atoms with E-state index >= 15 is 0 Å². The molecule has 0 bridgehead atoms. The van der Waals surface area contributed by atoms with E-state index in [0.29, 0.717) is 20.5 Å². The first-order valence-electron chi connectivity index (χ1n) is 6.55. The minimum absolute atomic E-state index is 0.526. The predicted octanol–water partition coefficient (Wildman–Crippen LogP) is 1.05. The maximum absolute atomic E-state index is 12.5. The SMILES string of the molecule is CC1(NC(=O)O)N=c2ccc(S(=O)c3ccccc3)cc2=N1. The topological polar surface area (TPSA) is 91.1 Å². The second-order valence-electron chi connectivity index (χ2n) is 4.91. The lowest BCUT2D eigenvalue weighted by atomic mass is 10.3. The number of nitrogens with zero attached hydrogens (tertiary/aromatic N) is 2. The summed E-state index contributed by atoms with van der Waals surface area (Å²) in [4.78, 5) is 20.6. The third-order valence-electron chi connectivity index (χ3n) is 3.14. The first kappa shape index (κ1) is 14.4. The quantitative estimate of drug-likeness (QED) is 0.887. The molecule has 2 N–H and O–H groups in total. The molecule has 22 heavy (non-hydrogen) atoms. The molecule has 1 amide bonds. The molecule has 7 heteroatoms. The largest absolute Gasteiger partial charge is 0.465 e. The van der Waals surface area contributed by atoms with Gasteiger partial charge in [-0.05, 0) is 30.3 Å². The minimum atomic E-state index is -1.31. The van der Waals surface area contributed by atoms with Gasteiger partial charge in [0, 0.05) is 16.7 Å². The zero-order valence-corrected chi connectivity index (χ0v) is 12.5. The van der Waals surface area contributed by atoms with Crippen LogP contribution < -0.4 is 16.0 Å². The van der Waals surface area contributed by atoms with Gasteiger partial charge in [0.25, 0.3) is 0 Å². The van der Waals surface area contributed by atoms with Crippen LogP contribution in [-0.4, -0.2) is 21.2 Å². The highest BCUT2D eigenvalue weighted by atomic mass is 32.2. The summed E-state index contributed by atoms with van der Waals surface area (Å²) in [6.45, 7) is 1.56. The fourth-order valence-electron chi connectivity index (χ4n) is 2.24. The summed E-state index contributed by atoms with van der Waals surface area (Å²) in [5.41, 5.74) is 0. The summed E-state index contributed by atoms with van der Waals surface area (Å²) >= 11 is 0. The Morgan fingerprint density at radius 3 is 2.45 bits per heavy atom. The molecule has 6 nitrogen and oxygen atoms in total. The first-order chi connectivity index (χ1) is 10.5. The monoisotopic (exact) mass is 315 g/mol. The summed E-state index contributed by atoms with van der Waals surface area (Å²) in [7, 11) is -1.31. The average molecular weight is 315 g/mol. The van der Waals surface area contributed by atoms with Crippen LogP contribution in [0.15, 0.2) is 68.3 Å². The van der Waals surface area contributed by atoms with E-state index in [2.05, 4.69) is 15.3 Å². The molecule has 2 aromatic rings. The van der Waals surface area contributed by atoms with Gasteiger partial charge >= 0.3 is 6.09 Å². The number of benzene rings is 2. The maximum Gasteiger partial charge on any atom is 0.408 e. The number of hydrogen-bond acceptors (Lipinski definition) is 4. The summed E-state index contributed by atoms with van der Waals surface area (Å²) in [6.07, 6.45) is -1.20. The van der Waals surface area contributed by atoms with Crippen LogP contribution in [0.4, 0.5) is 4.79 Å². The molecule has 0 saturated carbocycles. The molecule has 2 unspecified atom stereocenters. The maximum atomic E-state index is 12.5. The standard InChI is InChI=1S/C15H13N3O3S/c1-15(18-14(19)20)16-12-8-7-11(9-13(12)17-15)22(21)10-5-3-2-4-6-10/h2-9,18H,1H3,(H,19,20). The van der Waals surface area contributed by atoms with E-state index < -0.39 is 22.7 Å². The van der Waals surface area contributed by atoms with Gasteiger partial charge in [0.05, 0.1) is 21.5 Å². The van der Waals surface area contributed by atoms with Crippen molar-refractivity contribution in [3.8, 4) is 0 Å². The van der Waals surface area contributed by atoms with E-state index in [1.165, 1.54) is 0 Å². The molecule has 112 valence electrons. The molecular formula is C15H13N3O3S. The zero-order valence-electron chi connectivity index (χ0n) is 11.7. The lowest BCUT2D eigenvalue weighted by Gasteiger charge is -2.16. The van der Waals surface area contributed by atoms with Crippen LogP contribution in [0.1, 0.15) is 6.92 Å². The second kappa shape index (κ2) is 5.34. The summed E-state index contributed by atoms with van der Waals surface area (Å²) in [5.74, 6) is -1.24. The predicted molar refractivity (Wildman–Crippen MR) is 79.4 cm³/mol. The Morgan fingerprint density at radius 2 is 1.77 bits per heavy atom. The van der Waals surface area contributed by atoms with Crippen molar-refractivity contribution in [2.75, 3.05) is 0 Å². The van der Waals surface area contributed by atoms with E-state index in [9.17, 15) is 9.00 Å². The second-order valence-corrected chi connectivity index (χ2v) is 6.39. The summed E-state index contributed by atoms with van der Waals surface area (Å²) < 4.78 is 12.5. The van der Waals surface area contributed by atoms with Crippen molar-refractivity contribution in [1.82, 2.24) is 5.32 Å². The highest BCUT2D eigenvalue weighted by Gasteiger charge is 2.27. The number of hydrogen-bond donors (Lipinski definition) is 2. The normalized spacial score (nSPS) is 20.4. The third kappa shape index (κ3) is 2.75. The molecule has 0 fully saturated rings. The molecule has 1 aliphatic rings. The number of fused-ring (bicyclic) bond motifs is 1. The van der Waals surface area contributed by atoms with Gasteiger partial charge in [-0.15, -0.1) is 0 Å². The zero-order chi connectivity index (χ0) is 15.7. The van der Waals surface area contributed by atoms with Crippen molar-refractivity contribution in [2.45, 2.75) is 22.5 Å². The fraction of sp³-hybridized carbons (Fsp3) is 0.133. The van der Waals surface area contributed by atoms with E-state index in [-0.39, 0.29) is 0 Å². The Morgan fingerprint density at radius 1 is 1.09 bits per heavy atom. The van der Waals surface area contributed by atoms with Crippen molar-refractivity contribution >= 4 is 16.9 Å². The van der Waals surface area contributed by atoms with Gasteiger partial charge in [0.2, 0.25) is 5.79 Å². The number of amides is 1. The van der Waals surface area contributed by atoms with Gasteiger partial charge in [0.1, 0.15) is 0 Å². The molecule has 0 aromatic heterocycles. The molecule has 1 heterocycles. The molecule has 2 aromatic carbocycles. The number of rotatable bonds is 3. The van der Waals surface area contributed by atoms with Crippen molar-refractivity contribution in [1.29, 1.82) is 0 Å². The van der Waals surface area contributed by atoms with Gasteiger partial charge in [-0.25, -0.2) is 19.0 Å². The van der Waals surface area contributed by atoms with E-state index in [4.69, 9.17) is 5.11 Å². The lowest BCUT2D eigenvalue weighted by Crippen LogP contribution is -2.41. The Hall–Kier alpha value is -2.54. The van der Waals surface area contributed by atoms with Crippen molar-refractivity contribution in [3.63, 3.8) is 0 Å². The van der Waals surface area contributed by atoms with Gasteiger partial charge in [-0.2, -0.15) is 0 Å². The summed E-state index contributed by atoms with van der Waals surface area (Å²) in [6, 6.07) is 14.2. The molecule has 1 aliphatic heterocycles. The third-order valence-corrected chi connectivity index (χ3v) is 4.52. The van der Waals surface area contributed by atoms with Crippen LogP contribution >= 0.6 is 0 Å². The van der Waals surface area contributed by atoms with Crippen LogP contribution in [0.5, 0.6) is 0 Å². The van der Waals surface area contributed by atoms with Crippen LogP contribution in [0, 0.1) is 0 Å². The molecule has 0 radical (unpaired) electrons. The van der Waals surface area contributed by atoms with E-state index in [1.54, 1.807) is 37.3 Å². The average Bonchev–Trinajstić information content (AvgIpc) is 2.81. The Labute approximate surface area is 128 Å². The van der Waals surface area contributed by atoms with Gasteiger partial charge in [-0.1, -0.05) is 18.2 Å². The van der Waals surface area contributed by atoms with Crippen LogP contribution in [0.2, 0.25) is 0 Å². The Balaban J connectivity index is 2.00. The van der Waals surface area contributed by atoms with Crippen LogP contribution in [0.25, 0.3) is 0 Å². The highest BCUT2D eigenvalue weighted by molar-refractivity contribution is 7.85. The number of carboxylic acid groups (broad SMARTS) is 1. The Bertz CT molecular complexity index is 883. The van der Waals surface area contributed by atoms with E-state index in [1.807, 2.05) is 18.2 Å². The van der Waals surface area contributed by atoms with E-state index in [0.717, 1.165) is 0 Å². The molecule has 0 saturated heterocycles. The lowest BCUT2D eigenvalue weighted by molar-refractivity contribution is 0.182. The molecule has 0 aliphatic carbocycles. The Kier molecular flexibility index (Phi) is 3.50. The minimum Gasteiger partial charge on any atom is -0.465 e. The molecule has 3 rings (SSSR count). The van der Waals surface area contributed by atoms with Crippen LogP contribution in [0.3, 0.4) is 0 Å². The molecular weight excluding hydrogens is 302 g/mol. The van der Waals surface area contributed by atoms with Gasteiger partial charge in [0.15, 0.2) is 0 Å². The smallest absolute Gasteiger partial charge is 0.408 e. The van der Waals surface area contributed by atoms with Crippen LogP contribution in [-0.2, 0) is 10.8 Å². The molecule has 0 spiro atoms. The van der Waals surface area contributed by atoms with Crippen molar-refractivity contribution in [2.24, 2.45) is 9.98 Å². The van der Waals surface area contributed by atoms with Gasteiger partial charge < -0.3 is 5.11 Å². The molecule has 2 atom stereocenters. The number of nitrogens with one attached hydrogen (secondary N) is 1. The highest BCUT2D eigenvalue weighted by Crippen LogP contribution is 2.15. The van der Waals surface area contributed by atoms with Crippen molar-refractivity contribution < 1.29 is 14.1 Å². The van der Waals surface area contributed by atoms with Gasteiger partial charge in [-0.3, -0.25) is 5.32 Å². The number of carbonyl (C=O) groups is 1. The van der Waals surface area contributed by atoms with Crippen molar-refractivity contribution in [3.05, 3.63) is 59.2 Å². The summed E-state index contributed by atoms with van der Waals surface area (Å²) in [5, 5.41) is 12.2.